The highest BCUT2D eigenvalue weighted by Crippen LogP contribution is 2.69. The SMILES string of the molecule is COC1=C(OC)[C@]2(OC)c3c(O)c(OC)c4c(c3O[C@@]23O[C@@H](c2ccccc2)CC=C3C1=O)[C@@H](O)C[C@H](c1ccccc1)O4. The number of aliphatic hydroxyl groups excluding tert-OH is 1. The molecule has 3 aromatic carbocycles. The number of aliphatic hydroxyl groups is 1. The van der Waals surface area contributed by atoms with E-state index in [1.807, 2.05) is 60.7 Å². The number of Topliss-reactive ketones (excluding diaryl/α,β-unsaturated/α-hetero) is 1. The summed E-state index contributed by atoms with van der Waals surface area (Å²) in [6.07, 6.45) is 0.0489. The topological polar surface area (TPSA) is 122 Å². The van der Waals surface area contributed by atoms with E-state index in [4.69, 9.17) is 33.2 Å². The first-order chi connectivity index (χ1) is 21.4. The van der Waals surface area contributed by atoms with E-state index in [0.29, 0.717) is 6.42 Å². The largest absolute Gasteiger partial charge is 0.504 e. The van der Waals surface area contributed by atoms with E-state index in [2.05, 4.69) is 0 Å². The highest BCUT2D eigenvalue weighted by atomic mass is 16.7. The molecule has 0 fully saturated rings. The van der Waals surface area contributed by atoms with E-state index in [1.54, 1.807) is 6.08 Å². The number of rotatable bonds is 6. The number of carbonyl (C=O) groups excluding carboxylic acids is 1. The number of hydrogen-bond donors (Lipinski definition) is 2. The Morgan fingerprint density at radius 1 is 0.864 bits per heavy atom. The highest BCUT2D eigenvalue weighted by molar-refractivity contribution is 6.11. The van der Waals surface area contributed by atoms with Crippen LogP contribution in [0.4, 0.5) is 0 Å². The fraction of sp³-hybridized carbons (Fsp3) is 0.324. The minimum absolute atomic E-state index is 0.0391. The first-order valence-electron chi connectivity index (χ1n) is 14.3. The molecule has 0 amide bonds. The molecule has 0 unspecified atom stereocenters. The first kappa shape index (κ1) is 28.3. The number of benzene rings is 3. The van der Waals surface area contributed by atoms with Crippen LogP contribution in [0.25, 0.3) is 0 Å². The number of phenolic OH excluding ortho intramolecular Hbond substituents is 1. The van der Waals surface area contributed by atoms with Crippen molar-refractivity contribution < 1.29 is 48.2 Å². The monoisotopic (exact) mass is 600 g/mol. The number of phenols is 1. The Labute approximate surface area is 254 Å². The molecule has 44 heavy (non-hydrogen) atoms. The lowest BCUT2D eigenvalue weighted by Gasteiger charge is -2.49. The van der Waals surface area contributed by atoms with Gasteiger partial charge in [0.1, 0.15) is 11.9 Å². The summed E-state index contributed by atoms with van der Waals surface area (Å²) in [6.45, 7) is 0. The second kappa shape index (κ2) is 10.3. The van der Waals surface area contributed by atoms with Crippen molar-refractivity contribution in [1.29, 1.82) is 0 Å². The molecule has 228 valence electrons. The normalized spacial score (nSPS) is 28.4. The molecule has 1 aliphatic carbocycles. The van der Waals surface area contributed by atoms with Crippen LogP contribution < -0.4 is 14.2 Å². The van der Waals surface area contributed by atoms with Gasteiger partial charge in [-0.1, -0.05) is 66.7 Å². The molecule has 1 spiro atoms. The number of allylic oxidation sites excluding steroid dienone is 1. The molecule has 2 N–H and O–H groups in total. The molecule has 4 aliphatic rings. The predicted molar refractivity (Wildman–Crippen MR) is 155 cm³/mol. The maximum absolute atomic E-state index is 14.0. The fourth-order valence-corrected chi connectivity index (χ4v) is 7.03. The van der Waals surface area contributed by atoms with E-state index >= 15 is 0 Å². The number of ether oxygens (including phenoxy) is 7. The average molecular weight is 601 g/mol. The third-order valence-electron chi connectivity index (χ3n) is 8.90. The van der Waals surface area contributed by atoms with Gasteiger partial charge in [-0.25, -0.2) is 0 Å². The van der Waals surface area contributed by atoms with Crippen LogP contribution in [0.3, 0.4) is 0 Å². The van der Waals surface area contributed by atoms with Crippen LogP contribution >= 0.6 is 0 Å². The van der Waals surface area contributed by atoms with Crippen molar-refractivity contribution in [1.82, 2.24) is 0 Å². The second-order valence-corrected chi connectivity index (χ2v) is 11.0. The van der Waals surface area contributed by atoms with Gasteiger partial charge in [-0.05, 0) is 17.5 Å². The molecule has 3 aromatic rings. The molecule has 5 atom stereocenters. The number of aromatic hydroxyl groups is 1. The van der Waals surface area contributed by atoms with E-state index in [1.165, 1.54) is 28.4 Å². The lowest BCUT2D eigenvalue weighted by atomic mass is 9.72. The Morgan fingerprint density at radius 2 is 1.52 bits per heavy atom. The van der Waals surface area contributed by atoms with E-state index in [0.717, 1.165) is 11.1 Å². The molecular formula is C34H32O10. The Kier molecular flexibility index (Phi) is 6.61. The number of methoxy groups -OCH3 is 4. The molecule has 0 bridgehead atoms. The molecule has 10 nitrogen and oxygen atoms in total. The summed E-state index contributed by atoms with van der Waals surface area (Å²) < 4.78 is 43.5. The van der Waals surface area contributed by atoms with Crippen molar-refractivity contribution in [2.75, 3.05) is 28.4 Å². The zero-order chi connectivity index (χ0) is 30.8. The van der Waals surface area contributed by atoms with Crippen molar-refractivity contribution >= 4 is 5.78 Å². The molecule has 3 heterocycles. The quantitative estimate of drug-likeness (QED) is 0.397. The molecular weight excluding hydrogens is 568 g/mol. The maximum atomic E-state index is 14.0. The van der Waals surface area contributed by atoms with Gasteiger partial charge in [-0.15, -0.1) is 0 Å². The van der Waals surface area contributed by atoms with Crippen molar-refractivity contribution in [2.45, 2.75) is 42.5 Å². The summed E-state index contributed by atoms with van der Waals surface area (Å²) in [4.78, 5) is 14.0. The van der Waals surface area contributed by atoms with Crippen molar-refractivity contribution in [3.05, 3.63) is 106 Å². The summed E-state index contributed by atoms with van der Waals surface area (Å²) in [6, 6.07) is 19.0. The number of hydrogen-bond acceptors (Lipinski definition) is 10. The van der Waals surface area contributed by atoms with Crippen LogP contribution in [0.5, 0.6) is 23.0 Å². The minimum Gasteiger partial charge on any atom is -0.504 e. The average Bonchev–Trinajstić information content (AvgIpc) is 3.34. The molecule has 10 heteroatoms. The van der Waals surface area contributed by atoms with Crippen LogP contribution in [0, 0.1) is 0 Å². The number of ketones is 1. The Balaban J connectivity index is 1.51. The zero-order valence-corrected chi connectivity index (χ0v) is 24.7. The summed E-state index contributed by atoms with van der Waals surface area (Å²) in [5, 5.41) is 23.8. The van der Waals surface area contributed by atoms with E-state index in [-0.39, 0.29) is 57.6 Å². The van der Waals surface area contributed by atoms with E-state index < -0.39 is 35.5 Å². The molecule has 0 saturated heterocycles. The smallest absolute Gasteiger partial charge is 0.283 e. The molecule has 0 radical (unpaired) electrons. The summed E-state index contributed by atoms with van der Waals surface area (Å²) in [5.74, 6) is -2.97. The van der Waals surface area contributed by atoms with Gasteiger partial charge in [0.05, 0.1) is 50.2 Å². The van der Waals surface area contributed by atoms with Gasteiger partial charge in [-0.3, -0.25) is 4.79 Å². The van der Waals surface area contributed by atoms with Crippen LogP contribution in [-0.4, -0.2) is 50.2 Å². The van der Waals surface area contributed by atoms with Crippen LogP contribution in [-0.2, 0) is 29.3 Å². The molecule has 0 aromatic heterocycles. The summed E-state index contributed by atoms with van der Waals surface area (Å²) >= 11 is 0. The van der Waals surface area contributed by atoms with Crippen LogP contribution in [0.2, 0.25) is 0 Å². The Bertz CT molecular complexity index is 1700. The van der Waals surface area contributed by atoms with Gasteiger partial charge in [0.25, 0.3) is 5.79 Å². The highest BCUT2D eigenvalue weighted by Gasteiger charge is 2.76. The standard InChI is InChI=1S/C34H32O10/c1-38-30-27(37)25-28(24-21(35)17-23(42-29(24)30)19-13-9-6-10-14-19)44-34-20(15-16-22(43-34)18-11-7-5-8-12-18)26(36)31(39-2)32(40-3)33(25,34)41-4/h5-15,21-23,35,37H,16-17H2,1-4H3/t21-,22+,23+,33+,34+/m0/s1. The van der Waals surface area contributed by atoms with Gasteiger partial charge in [-0.2, -0.15) is 0 Å². The number of carbonyl (C=O) groups is 1. The minimum atomic E-state index is -1.99. The lowest BCUT2D eigenvalue weighted by molar-refractivity contribution is -0.281. The third kappa shape index (κ3) is 3.56. The van der Waals surface area contributed by atoms with Crippen molar-refractivity contribution in [2.24, 2.45) is 0 Å². The Morgan fingerprint density at radius 3 is 2.11 bits per heavy atom. The zero-order valence-electron chi connectivity index (χ0n) is 24.7. The number of fused-ring (bicyclic) bond motifs is 4. The Hall–Kier alpha value is -4.51. The van der Waals surface area contributed by atoms with Crippen LogP contribution in [0.15, 0.2) is 83.8 Å². The lowest BCUT2D eigenvalue weighted by Crippen LogP contribution is -2.63. The van der Waals surface area contributed by atoms with Crippen molar-refractivity contribution in [3.63, 3.8) is 0 Å². The van der Waals surface area contributed by atoms with Gasteiger partial charge in [0.2, 0.25) is 22.9 Å². The first-order valence-corrected chi connectivity index (χ1v) is 14.3. The van der Waals surface area contributed by atoms with E-state index in [9.17, 15) is 15.0 Å². The van der Waals surface area contributed by atoms with Crippen LogP contribution in [0.1, 0.15) is 53.4 Å². The molecule has 3 aliphatic heterocycles. The predicted octanol–water partition coefficient (Wildman–Crippen LogP) is 5.06. The second-order valence-electron chi connectivity index (χ2n) is 11.0. The van der Waals surface area contributed by atoms with Gasteiger partial charge in [0.15, 0.2) is 17.3 Å². The van der Waals surface area contributed by atoms with Gasteiger partial charge in [0, 0.05) is 13.5 Å². The summed E-state index contributed by atoms with van der Waals surface area (Å²) in [7, 11) is 5.51. The van der Waals surface area contributed by atoms with Gasteiger partial charge < -0.3 is 43.4 Å². The molecule has 7 rings (SSSR count). The fourth-order valence-electron chi connectivity index (χ4n) is 7.03. The van der Waals surface area contributed by atoms with Gasteiger partial charge >= 0.3 is 0 Å². The molecule has 0 saturated carbocycles. The van der Waals surface area contributed by atoms with Crippen molar-refractivity contribution in [3.8, 4) is 23.0 Å². The summed E-state index contributed by atoms with van der Waals surface area (Å²) in [5.41, 5.74) is 0.169. The third-order valence-corrected chi connectivity index (χ3v) is 8.90. The maximum Gasteiger partial charge on any atom is 0.283 e.